The molecular formula is C38H34Br2N4O6. The second-order valence-electron chi connectivity index (χ2n) is 12.5. The second kappa shape index (κ2) is 13.9. The van der Waals surface area contributed by atoms with E-state index >= 15 is 0 Å². The molecule has 0 saturated carbocycles. The fourth-order valence-electron chi connectivity index (χ4n) is 7.28. The van der Waals surface area contributed by atoms with Crippen molar-refractivity contribution in [1.82, 2.24) is 9.80 Å². The second-order valence-corrected chi connectivity index (χ2v) is 14.2. The number of benzene rings is 4. The van der Waals surface area contributed by atoms with Crippen LogP contribution in [0.15, 0.2) is 87.8 Å². The monoisotopic (exact) mass is 800 g/mol. The van der Waals surface area contributed by atoms with Gasteiger partial charge in [0, 0.05) is 48.6 Å². The summed E-state index contributed by atoms with van der Waals surface area (Å²) in [6.45, 7) is 0.469. The van der Waals surface area contributed by atoms with Gasteiger partial charge in [-0.05, 0) is 99.2 Å². The molecule has 50 heavy (non-hydrogen) atoms. The topological polar surface area (TPSA) is 117 Å². The number of nitrogens with zero attached hydrogens (tertiary/aromatic N) is 2. The highest BCUT2D eigenvalue weighted by atomic mass is 79.9. The highest BCUT2D eigenvalue weighted by Gasteiger charge is 2.41. The minimum atomic E-state index is -0.299. The Morgan fingerprint density at radius 3 is 1.78 bits per heavy atom. The van der Waals surface area contributed by atoms with Gasteiger partial charge in [-0.1, -0.05) is 24.3 Å². The van der Waals surface area contributed by atoms with Crippen LogP contribution >= 0.6 is 31.9 Å². The first-order valence-corrected chi connectivity index (χ1v) is 17.9. The molecule has 0 fully saturated rings. The number of ether oxygens (including phenoxy) is 2. The van der Waals surface area contributed by atoms with Crippen molar-refractivity contribution in [3.8, 4) is 11.5 Å². The van der Waals surface area contributed by atoms with Gasteiger partial charge in [0.1, 0.15) is 11.5 Å². The molecule has 0 radical (unpaired) electrons. The third kappa shape index (κ3) is 6.04. The molecule has 0 saturated heterocycles. The van der Waals surface area contributed by atoms with E-state index in [1.165, 1.54) is 9.80 Å². The first kappa shape index (κ1) is 33.8. The number of halogens is 2. The Kier molecular flexibility index (Phi) is 9.40. The van der Waals surface area contributed by atoms with Gasteiger partial charge in [0.15, 0.2) is 0 Å². The van der Waals surface area contributed by atoms with Gasteiger partial charge in [0.05, 0.1) is 51.5 Å². The SMILES string of the molecule is COc1cc(N[C@H]2c3cc(Br)c(OC)cc3N[C@@H](CCCN3C(=O)c4ccccc4C3=O)[C@@H]2CCN2C(=O)c3ccccc3C2=O)ccc1Br. The van der Waals surface area contributed by atoms with E-state index < -0.39 is 0 Å². The Labute approximate surface area is 306 Å². The van der Waals surface area contributed by atoms with Crippen LogP contribution in [-0.4, -0.2) is 66.8 Å². The van der Waals surface area contributed by atoms with Crippen molar-refractivity contribution in [2.75, 3.05) is 37.9 Å². The first-order chi connectivity index (χ1) is 24.2. The molecule has 0 aliphatic carbocycles. The molecule has 2 N–H and O–H groups in total. The molecule has 3 aliphatic rings. The van der Waals surface area contributed by atoms with Gasteiger partial charge in [0.2, 0.25) is 0 Å². The molecule has 4 amide bonds. The Morgan fingerprint density at radius 1 is 0.680 bits per heavy atom. The van der Waals surface area contributed by atoms with Gasteiger partial charge in [-0.2, -0.15) is 0 Å². The summed E-state index contributed by atoms with van der Waals surface area (Å²) in [5.74, 6) is 0.0119. The van der Waals surface area contributed by atoms with Crippen LogP contribution in [0.3, 0.4) is 0 Å². The van der Waals surface area contributed by atoms with Crippen LogP contribution in [0, 0.1) is 5.92 Å². The number of anilines is 2. The third-order valence-electron chi connectivity index (χ3n) is 9.76. The summed E-state index contributed by atoms with van der Waals surface area (Å²) in [7, 11) is 3.23. The van der Waals surface area contributed by atoms with Gasteiger partial charge < -0.3 is 20.1 Å². The lowest BCUT2D eigenvalue weighted by Gasteiger charge is -2.42. The Hall–Kier alpha value is -4.68. The first-order valence-electron chi connectivity index (χ1n) is 16.3. The highest BCUT2D eigenvalue weighted by Crippen LogP contribution is 2.46. The Balaban J connectivity index is 1.21. The van der Waals surface area contributed by atoms with Crippen LogP contribution in [0.25, 0.3) is 0 Å². The van der Waals surface area contributed by atoms with Crippen molar-refractivity contribution in [2.24, 2.45) is 5.92 Å². The molecule has 4 aromatic rings. The lowest BCUT2D eigenvalue weighted by molar-refractivity contribution is 0.0635. The molecule has 3 atom stereocenters. The summed E-state index contributed by atoms with van der Waals surface area (Å²) in [5.41, 5.74) is 4.34. The number of imide groups is 2. The number of carbonyl (C=O) groups excluding carboxylic acids is 4. The number of rotatable bonds is 11. The predicted molar refractivity (Wildman–Crippen MR) is 196 cm³/mol. The molecule has 12 heteroatoms. The van der Waals surface area contributed by atoms with Gasteiger partial charge in [0.25, 0.3) is 23.6 Å². The quantitative estimate of drug-likeness (QED) is 0.150. The predicted octanol–water partition coefficient (Wildman–Crippen LogP) is 7.56. The molecule has 10 nitrogen and oxygen atoms in total. The number of nitrogens with one attached hydrogen (secondary N) is 2. The largest absolute Gasteiger partial charge is 0.495 e. The fraction of sp³-hybridized carbons (Fsp3) is 0.263. The summed E-state index contributed by atoms with van der Waals surface area (Å²) in [5, 5.41) is 7.47. The van der Waals surface area contributed by atoms with Crippen molar-refractivity contribution in [2.45, 2.75) is 31.3 Å². The summed E-state index contributed by atoms with van der Waals surface area (Å²) in [6.07, 6.45) is 1.61. The van der Waals surface area contributed by atoms with E-state index in [9.17, 15) is 19.2 Å². The van der Waals surface area contributed by atoms with E-state index in [0.29, 0.717) is 53.0 Å². The van der Waals surface area contributed by atoms with E-state index in [2.05, 4.69) is 42.5 Å². The average Bonchev–Trinajstić information content (AvgIpc) is 3.52. The van der Waals surface area contributed by atoms with Crippen LogP contribution in [-0.2, 0) is 0 Å². The molecule has 0 aromatic heterocycles. The van der Waals surface area contributed by atoms with Gasteiger partial charge >= 0.3 is 0 Å². The molecule has 7 rings (SSSR count). The Bertz CT molecular complexity index is 1970. The molecule has 0 spiro atoms. The van der Waals surface area contributed by atoms with Crippen LogP contribution in [0.4, 0.5) is 11.4 Å². The zero-order chi connectivity index (χ0) is 35.1. The molecule has 256 valence electrons. The number of fused-ring (bicyclic) bond motifs is 3. The van der Waals surface area contributed by atoms with Crippen molar-refractivity contribution >= 4 is 66.9 Å². The molecule has 3 heterocycles. The van der Waals surface area contributed by atoms with Crippen LogP contribution in [0.5, 0.6) is 11.5 Å². The average molecular weight is 803 g/mol. The van der Waals surface area contributed by atoms with Crippen LogP contribution in [0.2, 0.25) is 0 Å². The summed E-state index contributed by atoms with van der Waals surface area (Å²) in [6, 6.07) is 23.1. The molecule has 4 aromatic carbocycles. The van der Waals surface area contributed by atoms with Crippen molar-refractivity contribution in [1.29, 1.82) is 0 Å². The third-order valence-corrected chi connectivity index (χ3v) is 11.0. The number of carbonyl (C=O) groups is 4. The zero-order valence-electron chi connectivity index (χ0n) is 27.4. The maximum Gasteiger partial charge on any atom is 0.261 e. The van der Waals surface area contributed by atoms with Crippen LogP contribution < -0.4 is 20.1 Å². The standard InChI is InChI=1S/C38H34Br2N4O6/c1-49-32-18-21(13-14-28(32)39)41-34-26(15-17-44-37(47)24-10-5-6-11-25(24)38(44)48)30(42-31-20-33(50-2)29(40)19-27(31)34)12-7-16-43-35(45)22-8-3-4-9-23(22)36(43)46/h3-6,8-11,13-14,18-20,26,30,34,41-42H,7,12,15-17H2,1-2H3/t26-,30-,34+/m0/s1. The molecule has 0 bridgehead atoms. The van der Waals surface area contributed by atoms with Gasteiger partial charge in [-0.25, -0.2) is 0 Å². The van der Waals surface area contributed by atoms with E-state index in [4.69, 9.17) is 9.47 Å². The lowest BCUT2D eigenvalue weighted by Crippen LogP contribution is -2.43. The molecule has 0 unspecified atom stereocenters. The minimum absolute atomic E-state index is 0.149. The maximum absolute atomic E-state index is 13.4. The van der Waals surface area contributed by atoms with E-state index in [0.717, 1.165) is 25.9 Å². The minimum Gasteiger partial charge on any atom is -0.495 e. The number of hydrogen-bond donors (Lipinski definition) is 2. The van der Waals surface area contributed by atoms with E-state index in [1.807, 2.05) is 30.3 Å². The summed E-state index contributed by atoms with van der Waals surface area (Å²) < 4.78 is 12.8. The van der Waals surface area contributed by atoms with E-state index in [-0.39, 0.29) is 54.7 Å². The summed E-state index contributed by atoms with van der Waals surface area (Å²) in [4.78, 5) is 55.7. The number of methoxy groups -OCH3 is 2. The molecular weight excluding hydrogens is 768 g/mol. The smallest absolute Gasteiger partial charge is 0.261 e. The lowest BCUT2D eigenvalue weighted by atomic mass is 9.78. The Morgan fingerprint density at radius 2 is 1.22 bits per heavy atom. The fourth-order valence-corrected chi connectivity index (χ4v) is 8.21. The number of hydrogen-bond acceptors (Lipinski definition) is 8. The van der Waals surface area contributed by atoms with Gasteiger partial charge in [-0.3, -0.25) is 29.0 Å². The van der Waals surface area contributed by atoms with Crippen molar-refractivity contribution < 1.29 is 28.7 Å². The zero-order valence-corrected chi connectivity index (χ0v) is 30.5. The molecule has 3 aliphatic heterocycles. The van der Waals surface area contributed by atoms with E-state index in [1.54, 1.807) is 62.8 Å². The van der Waals surface area contributed by atoms with Crippen LogP contribution in [0.1, 0.15) is 72.3 Å². The van der Waals surface area contributed by atoms with Crippen molar-refractivity contribution in [3.63, 3.8) is 0 Å². The van der Waals surface area contributed by atoms with Crippen molar-refractivity contribution in [3.05, 3.63) is 116 Å². The summed E-state index contributed by atoms with van der Waals surface area (Å²) >= 11 is 7.22. The number of amides is 4. The highest BCUT2D eigenvalue weighted by molar-refractivity contribution is 9.10. The van der Waals surface area contributed by atoms with Gasteiger partial charge in [-0.15, -0.1) is 0 Å². The normalized spacial score (nSPS) is 19.2. The maximum atomic E-state index is 13.4.